The molecule has 1 rings (SSSR count). The van der Waals surface area contributed by atoms with E-state index in [9.17, 15) is 4.79 Å². The molecule has 0 saturated heterocycles. The maximum Gasteiger partial charge on any atom is 0.320 e. The summed E-state index contributed by atoms with van der Waals surface area (Å²) in [6, 6.07) is 3.68. The maximum absolute atomic E-state index is 11.5. The molecule has 0 aliphatic rings. The van der Waals surface area contributed by atoms with Crippen LogP contribution in [0.3, 0.4) is 0 Å². The molecule has 0 aliphatic carbocycles. The van der Waals surface area contributed by atoms with E-state index in [-0.39, 0.29) is 5.97 Å². The SMILES string of the molecule is CCCN(CC(=O)OCC)Cc1ccc(Cl)nc1. The minimum absolute atomic E-state index is 0.187. The van der Waals surface area contributed by atoms with Gasteiger partial charge >= 0.3 is 5.97 Å². The zero-order valence-electron chi connectivity index (χ0n) is 10.9. The van der Waals surface area contributed by atoms with Crippen molar-refractivity contribution in [2.24, 2.45) is 0 Å². The molecule has 0 spiro atoms. The van der Waals surface area contributed by atoms with Crippen molar-refractivity contribution in [3.63, 3.8) is 0 Å². The molecule has 1 heterocycles. The van der Waals surface area contributed by atoms with Crippen LogP contribution in [0.4, 0.5) is 0 Å². The van der Waals surface area contributed by atoms with Gasteiger partial charge in [-0.15, -0.1) is 0 Å². The zero-order valence-corrected chi connectivity index (χ0v) is 11.6. The number of nitrogens with zero attached hydrogens (tertiary/aromatic N) is 2. The van der Waals surface area contributed by atoms with Crippen LogP contribution in [0.5, 0.6) is 0 Å². The molecule has 18 heavy (non-hydrogen) atoms. The Labute approximate surface area is 113 Å². The molecule has 1 aromatic heterocycles. The van der Waals surface area contributed by atoms with Gasteiger partial charge in [-0.3, -0.25) is 9.69 Å². The lowest BCUT2D eigenvalue weighted by molar-refractivity contribution is -0.144. The lowest BCUT2D eigenvalue weighted by Crippen LogP contribution is -2.31. The Morgan fingerprint density at radius 3 is 2.78 bits per heavy atom. The quantitative estimate of drug-likeness (QED) is 0.564. The highest BCUT2D eigenvalue weighted by Gasteiger charge is 2.11. The van der Waals surface area contributed by atoms with Crippen LogP contribution in [0.2, 0.25) is 5.15 Å². The van der Waals surface area contributed by atoms with E-state index in [1.165, 1.54) is 0 Å². The van der Waals surface area contributed by atoms with Gasteiger partial charge in [-0.25, -0.2) is 4.98 Å². The standard InChI is InChI=1S/C13H19ClN2O2/c1-3-7-16(10-13(17)18-4-2)9-11-5-6-12(14)15-8-11/h5-6,8H,3-4,7,9-10H2,1-2H3. The highest BCUT2D eigenvalue weighted by Crippen LogP contribution is 2.08. The predicted molar refractivity (Wildman–Crippen MR) is 71.4 cm³/mol. The first-order chi connectivity index (χ1) is 8.65. The molecule has 0 aromatic carbocycles. The summed E-state index contributed by atoms with van der Waals surface area (Å²) in [5, 5.41) is 0.478. The van der Waals surface area contributed by atoms with Gasteiger partial charge in [0.05, 0.1) is 13.2 Å². The Bertz CT molecular complexity index is 368. The molecule has 1 aromatic rings. The minimum atomic E-state index is -0.187. The first kappa shape index (κ1) is 14.9. The van der Waals surface area contributed by atoms with E-state index < -0.39 is 0 Å². The fourth-order valence-electron chi connectivity index (χ4n) is 1.68. The molecule has 0 saturated carbocycles. The summed E-state index contributed by atoms with van der Waals surface area (Å²) >= 11 is 5.74. The van der Waals surface area contributed by atoms with Gasteiger partial charge in [-0.1, -0.05) is 24.6 Å². The number of pyridine rings is 1. The van der Waals surface area contributed by atoms with Crippen LogP contribution in [0.25, 0.3) is 0 Å². The van der Waals surface area contributed by atoms with Gasteiger partial charge < -0.3 is 4.74 Å². The summed E-state index contributed by atoms with van der Waals surface area (Å²) in [5.74, 6) is -0.187. The minimum Gasteiger partial charge on any atom is -0.465 e. The molecule has 0 fully saturated rings. The predicted octanol–water partition coefficient (Wildman–Crippen LogP) is 2.51. The van der Waals surface area contributed by atoms with E-state index in [1.807, 2.05) is 17.9 Å². The number of hydrogen-bond acceptors (Lipinski definition) is 4. The summed E-state index contributed by atoms with van der Waals surface area (Å²) in [7, 11) is 0. The number of carbonyl (C=O) groups is 1. The largest absolute Gasteiger partial charge is 0.465 e. The van der Waals surface area contributed by atoms with Crippen LogP contribution in [0.15, 0.2) is 18.3 Å². The average Bonchev–Trinajstić information content (AvgIpc) is 2.32. The van der Waals surface area contributed by atoms with Crippen LogP contribution in [-0.2, 0) is 16.1 Å². The lowest BCUT2D eigenvalue weighted by Gasteiger charge is -2.20. The highest BCUT2D eigenvalue weighted by atomic mass is 35.5. The van der Waals surface area contributed by atoms with Crippen LogP contribution >= 0.6 is 11.6 Å². The molecule has 0 radical (unpaired) electrons. The number of aromatic nitrogens is 1. The second kappa shape index (κ2) is 8.06. The van der Waals surface area contributed by atoms with Crippen LogP contribution in [0, 0.1) is 0 Å². The molecule has 0 N–H and O–H groups in total. The Balaban J connectivity index is 2.56. The summed E-state index contributed by atoms with van der Waals surface area (Å²) in [6.45, 7) is 6.15. The molecular formula is C13H19ClN2O2. The molecule has 5 heteroatoms. The molecule has 0 aliphatic heterocycles. The van der Waals surface area contributed by atoms with Crippen LogP contribution in [-0.4, -0.2) is 35.5 Å². The van der Waals surface area contributed by atoms with Crippen molar-refractivity contribution < 1.29 is 9.53 Å². The monoisotopic (exact) mass is 270 g/mol. The van der Waals surface area contributed by atoms with Crippen molar-refractivity contribution in [3.05, 3.63) is 29.0 Å². The summed E-state index contributed by atoms with van der Waals surface area (Å²) in [6.07, 6.45) is 2.72. The van der Waals surface area contributed by atoms with Gasteiger partial charge in [0.15, 0.2) is 0 Å². The topological polar surface area (TPSA) is 42.4 Å². The van der Waals surface area contributed by atoms with Gasteiger partial charge in [0.1, 0.15) is 5.15 Å². The molecule has 100 valence electrons. The van der Waals surface area contributed by atoms with E-state index in [0.29, 0.717) is 24.8 Å². The van der Waals surface area contributed by atoms with E-state index >= 15 is 0 Å². The smallest absolute Gasteiger partial charge is 0.320 e. The lowest BCUT2D eigenvalue weighted by atomic mass is 10.2. The summed E-state index contributed by atoms with van der Waals surface area (Å²) in [5.41, 5.74) is 1.04. The molecular weight excluding hydrogens is 252 g/mol. The first-order valence-corrected chi connectivity index (χ1v) is 6.52. The van der Waals surface area contributed by atoms with Crippen molar-refractivity contribution in [2.45, 2.75) is 26.8 Å². The molecule has 0 amide bonds. The van der Waals surface area contributed by atoms with Crippen molar-refractivity contribution >= 4 is 17.6 Å². The van der Waals surface area contributed by atoms with E-state index in [0.717, 1.165) is 18.5 Å². The molecule has 0 atom stereocenters. The third-order valence-corrected chi connectivity index (χ3v) is 2.62. The number of hydrogen-bond donors (Lipinski definition) is 0. The fourth-order valence-corrected chi connectivity index (χ4v) is 1.79. The number of halogens is 1. The molecule has 0 bridgehead atoms. The van der Waals surface area contributed by atoms with Gasteiger partial charge in [0.2, 0.25) is 0 Å². The average molecular weight is 271 g/mol. The van der Waals surface area contributed by atoms with Crippen molar-refractivity contribution in [1.29, 1.82) is 0 Å². The van der Waals surface area contributed by atoms with E-state index in [1.54, 1.807) is 12.3 Å². The number of rotatable bonds is 7. The fraction of sp³-hybridized carbons (Fsp3) is 0.538. The summed E-state index contributed by atoms with van der Waals surface area (Å²) < 4.78 is 4.96. The van der Waals surface area contributed by atoms with Gasteiger partial charge in [-0.2, -0.15) is 0 Å². The summed E-state index contributed by atoms with van der Waals surface area (Å²) in [4.78, 5) is 17.5. The van der Waals surface area contributed by atoms with E-state index in [4.69, 9.17) is 16.3 Å². The van der Waals surface area contributed by atoms with Gasteiger partial charge in [-0.05, 0) is 31.5 Å². The van der Waals surface area contributed by atoms with Gasteiger partial charge in [0, 0.05) is 12.7 Å². The second-order valence-electron chi connectivity index (χ2n) is 4.00. The third kappa shape index (κ3) is 5.47. The second-order valence-corrected chi connectivity index (χ2v) is 4.39. The van der Waals surface area contributed by atoms with Crippen molar-refractivity contribution in [1.82, 2.24) is 9.88 Å². The normalized spacial score (nSPS) is 10.7. The number of esters is 1. The maximum atomic E-state index is 11.5. The Morgan fingerprint density at radius 2 is 2.22 bits per heavy atom. The van der Waals surface area contributed by atoms with Crippen molar-refractivity contribution in [2.75, 3.05) is 19.7 Å². The zero-order chi connectivity index (χ0) is 13.4. The molecule has 0 unspecified atom stereocenters. The van der Waals surface area contributed by atoms with Crippen LogP contribution < -0.4 is 0 Å². The first-order valence-electron chi connectivity index (χ1n) is 6.14. The van der Waals surface area contributed by atoms with E-state index in [2.05, 4.69) is 11.9 Å². The van der Waals surface area contributed by atoms with Gasteiger partial charge in [0.25, 0.3) is 0 Å². The number of ether oxygens (including phenoxy) is 1. The van der Waals surface area contributed by atoms with Crippen LogP contribution in [0.1, 0.15) is 25.8 Å². The molecule has 4 nitrogen and oxygen atoms in total. The third-order valence-electron chi connectivity index (χ3n) is 2.39. The Morgan fingerprint density at radius 1 is 1.44 bits per heavy atom. The highest BCUT2D eigenvalue weighted by molar-refractivity contribution is 6.29. The Hall–Kier alpha value is -1.13. The Kier molecular flexibility index (Phi) is 6.68. The van der Waals surface area contributed by atoms with Crippen molar-refractivity contribution in [3.8, 4) is 0 Å². The number of carbonyl (C=O) groups excluding carboxylic acids is 1.